The lowest BCUT2D eigenvalue weighted by atomic mass is 10.1. The fourth-order valence-corrected chi connectivity index (χ4v) is 3.82. The molecule has 0 bridgehead atoms. The lowest BCUT2D eigenvalue weighted by Crippen LogP contribution is -2.30. The molecule has 1 aliphatic rings. The number of fused-ring (bicyclic) bond motifs is 2. The fraction of sp³-hybridized carbons (Fsp3) is 0.421. The van der Waals surface area contributed by atoms with Crippen molar-refractivity contribution in [2.75, 3.05) is 13.7 Å². The molecule has 1 aliphatic heterocycles. The summed E-state index contributed by atoms with van der Waals surface area (Å²) in [5.41, 5.74) is 2.69. The van der Waals surface area contributed by atoms with Crippen molar-refractivity contribution in [1.82, 2.24) is 24.6 Å². The highest BCUT2D eigenvalue weighted by Crippen LogP contribution is 2.28. The summed E-state index contributed by atoms with van der Waals surface area (Å²) in [6.07, 6.45) is 0.851. The zero-order chi connectivity index (χ0) is 18.4. The maximum Gasteiger partial charge on any atom is 0.253 e. The predicted octanol–water partition coefficient (Wildman–Crippen LogP) is 2.00. The number of carbonyl (C=O) groups excluding carboxylic acids is 1. The number of amides is 1. The number of carbonyl (C=O) groups is 1. The maximum atomic E-state index is 12.9. The molecular formula is C19H23N5O2. The number of hydrogen-bond donors (Lipinski definition) is 1. The van der Waals surface area contributed by atoms with E-state index in [2.05, 4.69) is 20.1 Å². The Bertz CT molecular complexity index is 1000. The third kappa shape index (κ3) is 2.55. The first-order valence-corrected chi connectivity index (χ1v) is 8.79. The fourth-order valence-electron chi connectivity index (χ4n) is 3.82. The summed E-state index contributed by atoms with van der Waals surface area (Å²) >= 11 is 0. The zero-order valence-corrected chi connectivity index (χ0v) is 15.5. The Morgan fingerprint density at radius 2 is 2.15 bits per heavy atom. The van der Waals surface area contributed by atoms with Crippen molar-refractivity contribution in [2.24, 2.45) is 13.0 Å². The molecule has 0 radical (unpaired) electrons. The van der Waals surface area contributed by atoms with Gasteiger partial charge in [0.05, 0.1) is 12.7 Å². The van der Waals surface area contributed by atoms with Crippen LogP contribution in [0.2, 0.25) is 0 Å². The summed E-state index contributed by atoms with van der Waals surface area (Å²) in [6, 6.07) is 5.83. The monoisotopic (exact) mass is 353 g/mol. The van der Waals surface area contributed by atoms with Crippen LogP contribution in [0.3, 0.4) is 0 Å². The van der Waals surface area contributed by atoms with Gasteiger partial charge in [-0.15, -0.1) is 10.2 Å². The van der Waals surface area contributed by atoms with Gasteiger partial charge in [-0.2, -0.15) is 0 Å². The highest BCUT2D eigenvalue weighted by Gasteiger charge is 2.26. The highest BCUT2D eigenvalue weighted by atomic mass is 16.5. The van der Waals surface area contributed by atoms with Gasteiger partial charge >= 0.3 is 0 Å². The third-order valence-corrected chi connectivity index (χ3v) is 5.40. The first-order valence-electron chi connectivity index (χ1n) is 8.79. The van der Waals surface area contributed by atoms with Crippen LogP contribution in [0.5, 0.6) is 5.75 Å². The molecule has 4 rings (SSSR count). The van der Waals surface area contributed by atoms with E-state index in [0.29, 0.717) is 12.5 Å². The second-order valence-electron chi connectivity index (χ2n) is 6.96. The summed E-state index contributed by atoms with van der Waals surface area (Å²) in [5, 5.41) is 12.3. The van der Waals surface area contributed by atoms with Crippen molar-refractivity contribution in [1.29, 1.82) is 0 Å². The standard InChI is InChI=1S/C19H23N5O2/c1-11-18(15-8-14(26-4)5-6-16(15)23(11)3)19(25)20-9-13-7-17-22-21-12(2)24(17)10-13/h5-6,8,13H,7,9-10H2,1-4H3,(H,20,25). The Morgan fingerprint density at radius 3 is 2.88 bits per heavy atom. The minimum atomic E-state index is -0.0410. The van der Waals surface area contributed by atoms with Gasteiger partial charge in [-0.1, -0.05) is 0 Å². The normalized spacial score (nSPS) is 16.1. The van der Waals surface area contributed by atoms with E-state index in [-0.39, 0.29) is 5.91 Å². The van der Waals surface area contributed by atoms with Crippen molar-refractivity contribution in [3.05, 3.63) is 41.1 Å². The van der Waals surface area contributed by atoms with Crippen LogP contribution >= 0.6 is 0 Å². The molecule has 0 saturated carbocycles. The molecule has 0 spiro atoms. The highest BCUT2D eigenvalue weighted by molar-refractivity contribution is 6.08. The molecule has 3 aromatic rings. The van der Waals surface area contributed by atoms with Gasteiger partial charge < -0.3 is 19.2 Å². The number of benzene rings is 1. The topological polar surface area (TPSA) is 74.0 Å². The van der Waals surface area contributed by atoms with Crippen molar-refractivity contribution in [3.63, 3.8) is 0 Å². The van der Waals surface area contributed by atoms with Gasteiger partial charge in [0, 0.05) is 49.1 Å². The summed E-state index contributed by atoms with van der Waals surface area (Å²) in [6.45, 7) is 5.42. The summed E-state index contributed by atoms with van der Waals surface area (Å²) in [5.74, 6) is 3.01. The van der Waals surface area contributed by atoms with E-state index in [1.165, 1.54) is 0 Å². The van der Waals surface area contributed by atoms with E-state index < -0.39 is 0 Å². The molecular weight excluding hydrogens is 330 g/mol. The van der Waals surface area contributed by atoms with Crippen LogP contribution in [0.1, 0.15) is 27.7 Å². The van der Waals surface area contributed by atoms with E-state index in [0.717, 1.165) is 52.5 Å². The molecule has 0 fully saturated rings. The van der Waals surface area contributed by atoms with Crippen molar-refractivity contribution < 1.29 is 9.53 Å². The molecule has 1 N–H and O–H groups in total. The number of nitrogens with zero attached hydrogens (tertiary/aromatic N) is 4. The van der Waals surface area contributed by atoms with Gasteiger partial charge in [0.2, 0.25) is 0 Å². The Hall–Kier alpha value is -2.83. The Kier molecular flexibility index (Phi) is 3.94. The number of aryl methyl sites for hydroxylation is 2. The lowest BCUT2D eigenvalue weighted by molar-refractivity contribution is 0.0947. The average Bonchev–Trinajstić information content (AvgIpc) is 3.27. The van der Waals surface area contributed by atoms with E-state index in [9.17, 15) is 4.79 Å². The van der Waals surface area contributed by atoms with Gasteiger partial charge in [-0.25, -0.2) is 0 Å². The van der Waals surface area contributed by atoms with Crippen molar-refractivity contribution >= 4 is 16.8 Å². The molecule has 1 unspecified atom stereocenters. The van der Waals surface area contributed by atoms with Crippen LogP contribution in [-0.4, -0.2) is 38.9 Å². The summed E-state index contributed by atoms with van der Waals surface area (Å²) < 4.78 is 9.50. The van der Waals surface area contributed by atoms with Crippen molar-refractivity contribution in [3.8, 4) is 5.75 Å². The quantitative estimate of drug-likeness (QED) is 0.778. The molecule has 26 heavy (non-hydrogen) atoms. The van der Waals surface area contributed by atoms with Crippen LogP contribution < -0.4 is 10.1 Å². The predicted molar refractivity (Wildman–Crippen MR) is 98.5 cm³/mol. The second kappa shape index (κ2) is 6.16. The molecule has 0 aliphatic carbocycles. The van der Waals surface area contributed by atoms with Gasteiger partial charge in [-0.05, 0) is 32.0 Å². The van der Waals surface area contributed by atoms with Crippen molar-refractivity contribution in [2.45, 2.75) is 26.8 Å². The molecule has 1 amide bonds. The van der Waals surface area contributed by atoms with Gasteiger partial charge in [0.1, 0.15) is 17.4 Å². The van der Waals surface area contributed by atoms with Crippen LogP contribution in [0.25, 0.3) is 10.9 Å². The smallest absolute Gasteiger partial charge is 0.253 e. The lowest BCUT2D eigenvalue weighted by Gasteiger charge is -2.11. The summed E-state index contributed by atoms with van der Waals surface area (Å²) in [7, 11) is 3.61. The molecule has 1 aromatic carbocycles. The molecule has 136 valence electrons. The summed E-state index contributed by atoms with van der Waals surface area (Å²) in [4.78, 5) is 12.9. The number of hydrogen-bond acceptors (Lipinski definition) is 4. The van der Waals surface area contributed by atoms with Gasteiger partial charge in [0.25, 0.3) is 5.91 Å². The largest absolute Gasteiger partial charge is 0.497 e. The SMILES string of the molecule is COc1ccc2c(c1)c(C(=O)NCC1Cc3nnc(C)n3C1)c(C)n2C. The van der Waals surface area contributed by atoms with E-state index in [1.807, 2.05) is 43.7 Å². The van der Waals surface area contributed by atoms with Crippen LogP contribution in [0, 0.1) is 19.8 Å². The molecule has 7 heteroatoms. The number of aromatic nitrogens is 4. The van der Waals surface area contributed by atoms with Crippen LogP contribution in [0.15, 0.2) is 18.2 Å². The van der Waals surface area contributed by atoms with Gasteiger partial charge in [0.15, 0.2) is 0 Å². The molecule has 2 aromatic heterocycles. The molecule has 1 atom stereocenters. The van der Waals surface area contributed by atoms with Crippen LogP contribution in [-0.2, 0) is 20.0 Å². The van der Waals surface area contributed by atoms with E-state index in [1.54, 1.807) is 7.11 Å². The molecule has 7 nitrogen and oxygen atoms in total. The number of methoxy groups -OCH3 is 1. The third-order valence-electron chi connectivity index (χ3n) is 5.40. The Balaban J connectivity index is 1.54. The van der Waals surface area contributed by atoms with E-state index in [4.69, 9.17) is 4.74 Å². The minimum Gasteiger partial charge on any atom is -0.497 e. The first kappa shape index (κ1) is 16.6. The number of ether oxygens (including phenoxy) is 1. The van der Waals surface area contributed by atoms with Gasteiger partial charge in [-0.3, -0.25) is 4.79 Å². The number of nitrogens with one attached hydrogen (secondary N) is 1. The average molecular weight is 353 g/mol. The Labute approximate surface area is 152 Å². The minimum absolute atomic E-state index is 0.0410. The first-order chi connectivity index (χ1) is 12.5. The van der Waals surface area contributed by atoms with Crippen LogP contribution in [0.4, 0.5) is 0 Å². The Morgan fingerprint density at radius 1 is 1.35 bits per heavy atom. The second-order valence-corrected chi connectivity index (χ2v) is 6.96. The maximum absolute atomic E-state index is 12.9. The van der Waals surface area contributed by atoms with E-state index >= 15 is 0 Å². The molecule has 3 heterocycles. The zero-order valence-electron chi connectivity index (χ0n) is 15.5. The number of rotatable bonds is 4. The molecule has 0 saturated heterocycles.